The standard InChI is InChI=1S/C16H22N2O/c1-3-11-18(13-8-4-5-9-13)16(19)14-10-6-7-12(2)15(14)17/h3,6-7,10,13H,1,4-5,8-9,11,17H2,2H3. The Hall–Kier alpha value is -1.77. The van der Waals surface area contributed by atoms with Crippen LogP contribution in [0.4, 0.5) is 5.69 Å². The number of para-hydroxylation sites is 1. The van der Waals surface area contributed by atoms with Gasteiger partial charge in [-0.25, -0.2) is 0 Å². The molecule has 0 radical (unpaired) electrons. The topological polar surface area (TPSA) is 46.3 Å². The fourth-order valence-electron chi connectivity index (χ4n) is 2.77. The molecule has 0 heterocycles. The molecule has 102 valence electrons. The van der Waals surface area contributed by atoms with Crippen molar-refractivity contribution in [3.63, 3.8) is 0 Å². The Kier molecular flexibility index (Phi) is 4.25. The van der Waals surface area contributed by atoms with E-state index in [-0.39, 0.29) is 5.91 Å². The van der Waals surface area contributed by atoms with E-state index < -0.39 is 0 Å². The molecular weight excluding hydrogens is 236 g/mol. The van der Waals surface area contributed by atoms with Crippen molar-refractivity contribution in [3.05, 3.63) is 42.0 Å². The third-order valence-electron chi connectivity index (χ3n) is 3.91. The number of carbonyl (C=O) groups is 1. The van der Waals surface area contributed by atoms with E-state index in [0.29, 0.717) is 23.8 Å². The van der Waals surface area contributed by atoms with Crippen molar-refractivity contribution in [2.45, 2.75) is 38.6 Å². The van der Waals surface area contributed by atoms with Gasteiger partial charge in [-0.3, -0.25) is 4.79 Å². The van der Waals surface area contributed by atoms with Gasteiger partial charge in [0.2, 0.25) is 0 Å². The van der Waals surface area contributed by atoms with Gasteiger partial charge in [0, 0.05) is 18.3 Å². The number of hydrogen-bond acceptors (Lipinski definition) is 2. The van der Waals surface area contributed by atoms with Crippen LogP contribution in [0.3, 0.4) is 0 Å². The quantitative estimate of drug-likeness (QED) is 0.666. The number of rotatable bonds is 4. The highest BCUT2D eigenvalue weighted by atomic mass is 16.2. The molecule has 0 saturated heterocycles. The van der Waals surface area contributed by atoms with Gasteiger partial charge in [0.25, 0.3) is 5.91 Å². The molecule has 1 amide bonds. The van der Waals surface area contributed by atoms with E-state index in [1.807, 2.05) is 30.0 Å². The van der Waals surface area contributed by atoms with E-state index in [9.17, 15) is 4.79 Å². The zero-order valence-electron chi connectivity index (χ0n) is 11.6. The van der Waals surface area contributed by atoms with E-state index in [0.717, 1.165) is 18.4 Å². The van der Waals surface area contributed by atoms with Crippen LogP contribution in [0.25, 0.3) is 0 Å². The zero-order chi connectivity index (χ0) is 13.8. The van der Waals surface area contributed by atoms with Gasteiger partial charge in [-0.1, -0.05) is 31.1 Å². The summed E-state index contributed by atoms with van der Waals surface area (Å²) < 4.78 is 0. The Labute approximate surface area is 115 Å². The molecule has 1 aromatic rings. The van der Waals surface area contributed by atoms with Crippen molar-refractivity contribution in [3.8, 4) is 0 Å². The van der Waals surface area contributed by atoms with Crippen molar-refractivity contribution in [1.82, 2.24) is 4.90 Å². The zero-order valence-corrected chi connectivity index (χ0v) is 11.6. The van der Waals surface area contributed by atoms with Crippen molar-refractivity contribution >= 4 is 11.6 Å². The Morgan fingerprint density at radius 2 is 2.16 bits per heavy atom. The number of nitrogen functional groups attached to an aromatic ring is 1. The first-order valence-electron chi connectivity index (χ1n) is 6.92. The Bertz CT molecular complexity index is 476. The molecule has 0 bridgehead atoms. The largest absolute Gasteiger partial charge is 0.398 e. The van der Waals surface area contributed by atoms with Crippen LogP contribution in [0, 0.1) is 6.92 Å². The maximum Gasteiger partial charge on any atom is 0.256 e. The molecule has 0 unspecified atom stereocenters. The smallest absolute Gasteiger partial charge is 0.256 e. The second-order valence-corrected chi connectivity index (χ2v) is 5.22. The molecule has 2 N–H and O–H groups in total. The number of benzene rings is 1. The summed E-state index contributed by atoms with van der Waals surface area (Å²) in [6.45, 7) is 6.29. The summed E-state index contributed by atoms with van der Waals surface area (Å²) >= 11 is 0. The van der Waals surface area contributed by atoms with Gasteiger partial charge in [0.05, 0.1) is 5.56 Å². The number of nitrogens with zero attached hydrogens (tertiary/aromatic N) is 1. The average molecular weight is 258 g/mol. The van der Waals surface area contributed by atoms with E-state index >= 15 is 0 Å². The minimum absolute atomic E-state index is 0.0352. The van der Waals surface area contributed by atoms with E-state index in [1.165, 1.54) is 12.8 Å². The summed E-state index contributed by atoms with van der Waals surface area (Å²) in [5, 5.41) is 0. The van der Waals surface area contributed by atoms with Gasteiger partial charge in [-0.2, -0.15) is 0 Å². The van der Waals surface area contributed by atoms with Crippen LogP contribution < -0.4 is 5.73 Å². The van der Waals surface area contributed by atoms with Gasteiger partial charge in [-0.05, 0) is 31.4 Å². The van der Waals surface area contributed by atoms with Crippen molar-refractivity contribution in [2.75, 3.05) is 12.3 Å². The monoisotopic (exact) mass is 258 g/mol. The summed E-state index contributed by atoms with van der Waals surface area (Å²) in [7, 11) is 0. The molecule has 3 heteroatoms. The average Bonchev–Trinajstić information content (AvgIpc) is 2.92. The van der Waals surface area contributed by atoms with Crippen molar-refractivity contribution in [2.24, 2.45) is 0 Å². The van der Waals surface area contributed by atoms with Crippen LogP contribution in [0.5, 0.6) is 0 Å². The molecule has 0 atom stereocenters. The molecule has 1 aromatic carbocycles. The highest BCUT2D eigenvalue weighted by Crippen LogP contribution is 2.26. The second kappa shape index (κ2) is 5.91. The van der Waals surface area contributed by atoms with Gasteiger partial charge < -0.3 is 10.6 Å². The molecule has 0 aliphatic heterocycles. The minimum Gasteiger partial charge on any atom is -0.398 e. The summed E-state index contributed by atoms with van der Waals surface area (Å²) in [6.07, 6.45) is 6.38. The van der Waals surface area contributed by atoms with E-state index in [1.54, 1.807) is 6.08 Å². The highest BCUT2D eigenvalue weighted by molar-refractivity contribution is 6.00. The van der Waals surface area contributed by atoms with Gasteiger partial charge in [0.1, 0.15) is 0 Å². The summed E-state index contributed by atoms with van der Waals surface area (Å²) in [5.74, 6) is 0.0352. The number of anilines is 1. The number of amides is 1. The fourth-order valence-corrected chi connectivity index (χ4v) is 2.77. The normalized spacial score (nSPS) is 15.4. The predicted molar refractivity (Wildman–Crippen MR) is 79.1 cm³/mol. The lowest BCUT2D eigenvalue weighted by Gasteiger charge is -2.28. The van der Waals surface area contributed by atoms with Crippen LogP contribution in [0.1, 0.15) is 41.6 Å². The van der Waals surface area contributed by atoms with Crippen LogP contribution in [0.15, 0.2) is 30.9 Å². The predicted octanol–water partition coefficient (Wildman–Crippen LogP) is 3.15. The summed E-state index contributed by atoms with van der Waals surface area (Å²) in [6, 6.07) is 5.97. The van der Waals surface area contributed by atoms with Gasteiger partial charge in [0.15, 0.2) is 0 Å². The van der Waals surface area contributed by atoms with E-state index in [4.69, 9.17) is 5.73 Å². The lowest BCUT2D eigenvalue weighted by Crippen LogP contribution is -2.39. The maximum atomic E-state index is 12.7. The Balaban J connectivity index is 2.28. The van der Waals surface area contributed by atoms with Crippen LogP contribution >= 0.6 is 0 Å². The van der Waals surface area contributed by atoms with Crippen LogP contribution in [-0.2, 0) is 0 Å². The second-order valence-electron chi connectivity index (χ2n) is 5.22. The molecular formula is C16H22N2O. The summed E-state index contributed by atoms with van der Waals surface area (Å²) in [5.41, 5.74) is 8.21. The lowest BCUT2D eigenvalue weighted by atomic mass is 10.1. The van der Waals surface area contributed by atoms with Gasteiger partial charge >= 0.3 is 0 Å². The molecule has 0 spiro atoms. The first kappa shape index (κ1) is 13.7. The molecule has 1 fully saturated rings. The molecule has 1 aliphatic carbocycles. The maximum absolute atomic E-state index is 12.7. The highest BCUT2D eigenvalue weighted by Gasteiger charge is 2.27. The third-order valence-corrected chi connectivity index (χ3v) is 3.91. The number of aryl methyl sites for hydroxylation is 1. The van der Waals surface area contributed by atoms with Crippen LogP contribution in [-0.4, -0.2) is 23.4 Å². The number of hydrogen-bond donors (Lipinski definition) is 1. The van der Waals surface area contributed by atoms with Gasteiger partial charge in [-0.15, -0.1) is 6.58 Å². The molecule has 3 nitrogen and oxygen atoms in total. The first-order chi connectivity index (χ1) is 9.15. The van der Waals surface area contributed by atoms with Crippen LogP contribution in [0.2, 0.25) is 0 Å². The fraction of sp³-hybridized carbons (Fsp3) is 0.438. The molecule has 0 aromatic heterocycles. The Morgan fingerprint density at radius 3 is 2.79 bits per heavy atom. The Morgan fingerprint density at radius 1 is 1.47 bits per heavy atom. The molecule has 1 aliphatic rings. The number of nitrogens with two attached hydrogens (primary N) is 1. The molecule has 19 heavy (non-hydrogen) atoms. The SMILES string of the molecule is C=CCN(C(=O)c1cccc(C)c1N)C1CCCC1. The van der Waals surface area contributed by atoms with Crippen molar-refractivity contribution < 1.29 is 4.79 Å². The number of carbonyl (C=O) groups excluding carboxylic acids is 1. The van der Waals surface area contributed by atoms with Crippen molar-refractivity contribution in [1.29, 1.82) is 0 Å². The third kappa shape index (κ3) is 2.80. The minimum atomic E-state index is 0.0352. The molecule has 1 saturated carbocycles. The molecule has 2 rings (SSSR count). The lowest BCUT2D eigenvalue weighted by molar-refractivity contribution is 0.0707. The summed E-state index contributed by atoms with van der Waals surface area (Å²) in [4.78, 5) is 14.6. The van der Waals surface area contributed by atoms with E-state index in [2.05, 4.69) is 6.58 Å². The first-order valence-corrected chi connectivity index (χ1v) is 6.92.